The van der Waals surface area contributed by atoms with E-state index in [4.69, 9.17) is 0 Å². The van der Waals surface area contributed by atoms with Gasteiger partial charge in [0.25, 0.3) is 10.1 Å². The fraction of sp³-hybridized carbons (Fsp3) is 0.600. The second kappa shape index (κ2) is 3.33. The summed E-state index contributed by atoms with van der Waals surface area (Å²) in [4.78, 5) is 0. The molecule has 0 saturated heterocycles. The maximum absolute atomic E-state index is 11.7. The minimum Gasteiger partial charge on any atom is -0.244 e. The van der Waals surface area contributed by atoms with Crippen LogP contribution in [0.2, 0.25) is 0 Å². The van der Waals surface area contributed by atoms with Gasteiger partial charge in [-0.1, -0.05) is 5.92 Å². The molecule has 0 amide bonds. The molecule has 0 aromatic heterocycles. The molecule has 7 heteroatoms. The number of hydrogen-bond acceptors (Lipinski definition) is 3. The van der Waals surface area contributed by atoms with Crippen LogP contribution in [0.4, 0.5) is 13.2 Å². The van der Waals surface area contributed by atoms with E-state index in [-0.39, 0.29) is 0 Å². The first-order valence-corrected chi connectivity index (χ1v) is 4.39. The van der Waals surface area contributed by atoms with E-state index in [2.05, 4.69) is 10.6 Å². The summed E-state index contributed by atoms with van der Waals surface area (Å²) in [5.41, 5.74) is 0. The Hall–Kier alpha value is -0.740. The molecule has 0 aromatic rings. The molecule has 1 atom stereocenters. The number of alkyl halides is 3. The van der Waals surface area contributed by atoms with E-state index in [0.29, 0.717) is 6.26 Å². The van der Waals surface area contributed by atoms with Crippen molar-refractivity contribution in [2.24, 2.45) is 0 Å². The molecule has 12 heavy (non-hydrogen) atoms. The van der Waals surface area contributed by atoms with Gasteiger partial charge >= 0.3 is 6.18 Å². The zero-order valence-electron chi connectivity index (χ0n) is 5.92. The van der Waals surface area contributed by atoms with Gasteiger partial charge in [0.15, 0.2) is 0 Å². The molecule has 0 aliphatic rings. The van der Waals surface area contributed by atoms with E-state index >= 15 is 0 Å². The van der Waals surface area contributed by atoms with Gasteiger partial charge in [0, 0.05) is 0 Å². The Morgan fingerprint density at radius 2 is 1.92 bits per heavy atom. The van der Waals surface area contributed by atoms with Crippen LogP contribution in [0, 0.1) is 12.3 Å². The van der Waals surface area contributed by atoms with Gasteiger partial charge in [-0.15, -0.1) is 6.42 Å². The third kappa shape index (κ3) is 4.20. The van der Waals surface area contributed by atoms with Crippen LogP contribution < -0.4 is 0 Å². The third-order valence-electron chi connectivity index (χ3n) is 0.720. The zero-order valence-corrected chi connectivity index (χ0v) is 6.74. The molecular formula is C5H5F3O3S. The van der Waals surface area contributed by atoms with Crippen molar-refractivity contribution >= 4 is 10.1 Å². The molecule has 0 rings (SSSR count). The number of halogens is 3. The lowest BCUT2D eigenvalue weighted by atomic mass is 10.4. The summed E-state index contributed by atoms with van der Waals surface area (Å²) in [5, 5.41) is 0. The van der Waals surface area contributed by atoms with Crippen LogP contribution in [0.15, 0.2) is 0 Å². The van der Waals surface area contributed by atoms with E-state index < -0.39 is 22.4 Å². The Labute approximate surface area is 67.6 Å². The van der Waals surface area contributed by atoms with Crippen LogP contribution in [0.25, 0.3) is 0 Å². The van der Waals surface area contributed by atoms with Crippen LogP contribution in [-0.2, 0) is 14.3 Å². The normalized spacial score (nSPS) is 15.2. The van der Waals surface area contributed by atoms with Crippen LogP contribution in [0.3, 0.4) is 0 Å². The molecule has 0 radical (unpaired) electrons. The van der Waals surface area contributed by atoms with Crippen LogP contribution in [0.5, 0.6) is 0 Å². The Morgan fingerprint density at radius 3 is 2.00 bits per heavy atom. The van der Waals surface area contributed by atoms with Crippen molar-refractivity contribution in [3.05, 3.63) is 0 Å². The van der Waals surface area contributed by atoms with Crippen LogP contribution in [-0.4, -0.2) is 27.0 Å². The lowest BCUT2D eigenvalue weighted by Crippen LogP contribution is -2.32. The standard InChI is InChI=1S/C5H5F3O3S/c1-3-4(5(6,7)8)11-12(2,9)10/h1,4H,2H3. The lowest BCUT2D eigenvalue weighted by Gasteiger charge is -2.12. The predicted octanol–water partition coefficient (Wildman–Crippen LogP) is 0.527. The van der Waals surface area contributed by atoms with Crippen molar-refractivity contribution in [1.82, 2.24) is 0 Å². The third-order valence-corrected chi connectivity index (χ3v) is 1.26. The minimum absolute atomic E-state index is 0.489. The van der Waals surface area contributed by atoms with Crippen molar-refractivity contribution in [2.75, 3.05) is 6.26 Å². The molecule has 3 nitrogen and oxygen atoms in total. The van der Waals surface area contributed by atoms with Gasteiger partial charge in [-0.25, -0.2) is 4.18 Å². The first kappa shape index (κ1) is 11.3. The van der Waals surface area contributed by atoms with Crippen LogP contribution >= 0.6 is 0 Å². The monoisotopic (exact) mass is 202 g/mol. The molecule has 0 spiro atoms. The Morgan fingerprint density at radius 1 is 1.50 bits per heavy atom. The number of hydrogen-bond donors (Lipinski definition) is 0. The van der Waals surface area contributed by atoms with Gasteiger partial charge in [0.05, 0.1) is 6.26 Å². The van der Waals surface area contributed by atoms with Gasteiger partial charge in [0.1, 0.15) is 0 Å². The van der Waals surface area contributed by atoms with E-state index in [1.807, 2.05) is 0 Å². The molecule has 0 heterocycles. The fourth-order valence-electron chi connectivity index (χ4n) is 0.352. The van der Waals surface area contributed by atoms with Crippen molar-refractivity contribution < 1.29 is 25.8 Å². The van der Waals surface area contributed by atoms with E-state index in [1.165, 1.54) is 5.92 Å². The molecule has 0 aliphatic carbocycles. The zero-order chi connectivity index (χ0) is 9.99. The number of terminal acetylenes is 1. The highest BCUT2D eigenvalue weighted by Crippen LogP contribution is 2.23. The van der Waals surface area contributed by atoms with Crippen molar-refractivity contribution in [2.45, 2.75) is 12.3 Å². The highest BCUT2D eigenvalue weighted by atomic mass is 32.2. The van der Waals surface area contributed by atoms with Gasteiger partial charge < -0.3 is 0 Å². The summed E-state index contributed by atoms with van der Waals surface area (Å²) in [7, 11) is -4.18. The molecule has 0 fully saturated rings. The molecular weight excluding hydrogens is 197 g/mol. The second-order valence-corrected chi connectivity index (χ2v) is 3.49. The highest BCUT2D eigenvalue weighted by Gasteiger charge is 2.41. The molecule has 0 bridgehead atoms. The maximum atomic E-state index is 11.7. The summed E-state index contributed by atoms with van der Waals surface area (Å²) < 4.78 is 59.2. The first-order chi connectivity index (χ1) is 5.17. The summed E-state index contributed by atoms with van der Waals surface area (Å²) in [6, 6.07) is 0. The van der Waals surface area contributed by atoms with Crippen molar-refractivity contribution in [3.63, 3.8) is 0 Å². The Bertz CT molecular complexity index is 284. The van der Waals surface area contributed by atoms with Gasteiger partial charge in [-0.3, -0.25) is 0 Å². The average molecular weight is 202 g/mol. The molecule has 0 aliphatic heterocycles. The SMILES string of the molecule is C#CC(OS(C)(=O)=O)C(F)(F)F. The molecule has 1 unspecified atom stereocenters. The molecule has 0 saturated carbocycles. The lowest BCUT2D eigenvalue weighted by molar-refractivity contribution is -0.175. The Balaban J connectivity index is 4.55. The first-order valence-electron chi connectivity index (χ1n) is 2.58. The summed E-state index contributed by atoms with van der Waals surface area (Å²) in [6.45, 7) is 0. The largest absolute Gasteiger partial charge is 0.427 e. The smallest absolute Gasteiger partial charge is 0.244 e. The van der Waals surface area contributed by atoms with E-state index in [1.54, 1.807) is 0 Å². The second-order valence-electron chi connectivity index (χ2n) is 1.89. The predicted molar refractivity (Wildman–Crippen MR) is 34.6 cm³/mol. The summed E-state index contributed by atoms with van der Waals surface area (Å²) in [6.07, 6.45) is -2.67. The molecule has 0 N–H and O–H groups in total. The maximum Gasteiger partial charge on any atom is 0.427 e. The fourth-order valence-corrected chi connectivity index (χ4v) is 0.866. The van der Waals surface area contributed by atoms with Gasteiger partial charge in [0.2, 0.25) is 6.10 Å². The molecule has 70 valence electrons. The number of rotatable bonds is 2. The van der Waals surface area contributed by atoms with Crippen LogP contribution in [0.1, 0.15) is 0 Å². The quantitative estimate of drug-likeness (QED) is 0.484. The van der Waals surface area contributed by atoms with E-state index in [9.17, 15) is 21.6 Å². The van der Waals surface area contributed by atoms with Crippen molar-refractivity contribution in [1.29, 1.82) is 0 Å². The van der Waals surface area contributed by atoms with Gasteiger partial charge in [-0.05, 0) is 0 Å². The van der Waals surface area contributed by atoms with E-state index in [0.717, 1.165) is 0 Å². The minimum atomic E-state index is -4.86. The molecule has 0 aromatic carbocycles. The highest BCUT2D eigenvalue weighted by molar-refractivity contribution is 7.86. The average Bonchev–Trinajstić information content (AvgIpc) is 1.78. The van der Waals surface area contributed by atoms with Gasteiger partial charge in [-0.2, -0.15) is 21.6 Å². The summed E-state index contributed by atoms with van der Waals surface area (Å²) in [5.74, 6) is 1.17. The van der Waals surface area contributed by atoms with Crippen molar-refractivity contribution in [3.8, 4) is 12.3 Å². The summed E-state index contributed by atoms with van der Waals surface area (Å²) >= 11 is 0. The Kier molecular flexibility index (Phi) is 3.12. The topological polar surface area (TPSA) is 43.4 Å².